The molecule has 0 saturated heterocycles. The molecule has 0 heterocycles. The van der Waals surface area contributed by atoms with Gasteiger partial charge in [0.05, 0.1) is 10.3 Å². The molecule has 1 aromatic rings. The number of nitrogens with zero attached hydrogens (tertiary/aromatic N) is 1. The molecule has 2 amide bonds. The van der Waals surface area contributed by atoms with E-state index >= 15 is 0 Å². The van der Waals surface area contributed by atoms with Crippen LogP contribution in [0.25, 0.3) is 0 Å². The minimum atomic E-state index is -0.600. The Balaban J connectivity index is 1.97. The van der Waals surface area contributed by atoms with Crippen LogP contribution in [0.5, 0.6) is 0 Å². The predicted octanol–water partition coefficient (Wildman–Crippen LogP) is 1.53. The zero-order valence-corrected chi connectivity index (χ0v) is 12.1. The van der Waals surface area contributed by atoms with Crippen LogP contribution in [0.2, 0.25) is 0 Å². The van der Waals surface area contributed by atoms with Crippen molar-refractivity contribution in [3.05, 3.63) is 39.9 Å². The van der Waals surface area contributed by atoms with Crippen molar-refractivity contribution in [1.82, 2.24) is 10.9 Å². The van der Waals surface area contributed by atoms with Crippen molar-refractivity contribution in [1.29, 1.82) is 0 Å². The number of nitro benzene ring substituents is 1. The van der Waals surface area contributed by atoms with Gasteiger partial charge in [-0.05, 0) is 19.4 Å². The molecule has 2 atom stereocenters. The van der Waals surface area contributed by atoms with Crippen LogP contribution in [-0.2, 0) is 4.79 Å². The largest absolute Gasteiger partial charge is 0.273 e. The molecule has 0 bridgehead atoms. The Labute approximate surface area is 123 Å². The van der Waals surface area contributed by atoms with Gasteiger partial charge in [0.2, 0.25) is 5.91 Å². The molecule has 0 aliphatic heterocycles. The molecule has 8 heteroatoms. The highest BCUT2D eigenvalue weighted by atomic mass is 79.9. The summed E-state index contributed by atoms with van der Waals surface area (Å²) >= 11 is 3.33. The van der Waals surface area contributed by atoms with Gasteiger partial charge >= 0.3 is 0 Å². The molecule has 0 radical (unpaired) electrons. The Kier molecular flexibility index (Phi) is 3.76. The van der Waals surface area contributed by atoms with E-state index in [0.717, 1.165) is 6.07 Å². The molecule has 20 heavy (non-hydrogen) atoms. The van der Waals surface area contributed by atoms with Crippen LogP contribution in [0.1, 0.15) is 23.7 Å². The van der Waals surface area contributed by atoms with E-state index in [2.05, 4.69) is 26.8 Å². The van der Waals surface area contributed by atoms with Gasteiger partial charge in [-0.3, -0.25) is 30.6 Å². The number of carbonyl (C=O) groups excluding carboxylic acids is 2. The van der Waals surface area contributed by atoms with Crippen molar-refractivity contribution < 1.29 is 14.5 Å². The van der Waals surface area contributed by atoms with Crippen molar-refractivity contribution in [3.63, 3.8) is 0 Å². The van der Waals surface area contributed by atoms with E-state index in [1.54, 1.807) is 6.92 Å². The van der Waals surface area contributed by atoms with E-state index in [1.807, 2.05) is 0 Å². The Bertz CT molecular complexity index is 592. The lowest BCUT2D eigenvalue weighted by molar-refractivity contribution is -0.384. The number of benzene rings is 1. The molecule has 1 aliphatic rings. The Morgan fingerprint density at radius 1 is 1.45 bits per heavy atom. The number of hydrogen-bond acceptors (Lipinski definition) is 4. The number of halogens is 1. The SMILES string of the molecule is CC1(C(=O)NNC(=O)c2cccc([N+](=O)[O-])c2)CC1Br. The average molecular weight is 342 g/mol. The first-order valence-corrected chi connectivity index (χ1v) is 6.75. The van der Waals surface area contributed by atoms with E-state index in [1.165, 1.54) is 18.2 Å². The number of amides is 2. The predicted molar refractivity (Wildman–Crippen MR) is 74.1 cm³/mol. The summed E-state index contributed by atoms with van der Waals surface area (Å²) in [6.07, 6.45) is 0.700. The normalized spacial score (nSPS) is 23.8. The Hall–Kier alpha value is -1.96. The van der Waals surface area contributed by atoms with E-state index in [4.69, 9.17) is 0 Å². The summed E-state index contributed by atoms with van der Waals surface area (Å²) in [4.78, 5) is 33.7. The summed E-state index contributed by atoms with van der Waals surface area (Å²) in [5.74, 6) is -0.893. The number of rotatable bonds is 3. The standard InChI is InChI=1S/C12H12BrN3O4/c1-12(6-9(12)13)11(18)15-14-10(17)7-3-2-4-8(5-7)16(19)20/h2-5,9H,6H2,1H3,(H,14,17)(H,15,18). The van der Waals surface area contributed by atoms with Crippen LogP contribution < -0.4 is 10.9 Å². The third kappa shape index (κ3) is 2.79. The number of hydrazine groups is 1. The molecule has 2 N–H and O–H groups in total. The van der Waals surface area contributed by atoms with Gasteiger partial charge in [-0.2, -0.15) is 0 Å². The highest BCUT2D eigenvalue weighted by molar-refractivity contribution is 9.09. The molecule has 106 valence electrons. The Morgan fingerprint density at radius 3 is 2.65 bits per heavy atom. The van der Waals surface area contributed by atoms with Gasteiger partial charge in [-0.1, -0.05) is 22.0 Å². The first-order valence-electron chi connectivity index (χ1n) is 5.84. The maximum atomic E-state index is 11.8. The van der Waals surface area contributed by atoms with E-state index < -0.39 is 16.2 Å². The van der Waals surface area contributed by atoms with Crippen molar-refractivity contribution in [2.24, 2.45) is 5.41 Å². The second kappa shape index (κ2) is 5.20. The monoisotopic (exact) mass is 341 g/mol. The number of hydrogen-bond donors (Lipinski definition) is 2. The van der Waals surface area contributed by atoms with Gasteiger partial charge in [0.25, 0.3) is 11.6 Å². The fourth-order valence-electron chi connectivity index (χ4n) is 1.64. The van der Waals surface area contributed by atoms with Gasteiger partial charge in [-0.15, -0.1) is 0 Å². The summed E-state index contributed by atoms with van der Waals surface area (Å²) in [5.41, 5.74) is 3.98. The highest BCUT2D eigenvalue weighted by Gasteiger charge is 2.54. The lowest BCUT2D eigenvalue weighted by Crippen LogP contribution is -2.45. The van der Waals surface area contributed by atoms with Gasteiger partial charge in [-0.25, -0.2) is 0 Å². The van der Waals surface area contributed by atoms with Crippen molar-refractivity contribution in [3.8, 4) is 0 Å². The molecule has 0 aromatic heterocycles. The molecule has 0 spiro atoms. The fourth-order valence-corrected chi connectivity index (χ4v) is 2.52. The minimum absolute atomic E-state index is 0.102. The quantitative estimate of drug-likeness (QED) is 0.494. The van der Waals surface area contributed by atoms with Crippen LogP contribution in [-0.4, -0.2) is 21.6 Å². The minimum Gasteiger partial charge on any atom is -0.273 e. The summed E-state index contributed by atoms with van der Waals surface area (Å²) in [7, 11) is 0. The van der Waals surface area contributed by atoms with E-state index in [0.29, 0.717) is 6.42 Å². The van der Waals surface area contributed by atoms with E-state index in [9.17, 15) is 19.7 Å². The van der Waals surface area contributed by atoms with Crippen LogP contribution >= 0.6 is 15.9 Å². The van der Waals surface area contributed by atoms with E-state index in [-0.39, 0.29) is 22.0 Å². The molecule has 2 rings (SSSR count). The topological polar surface area (TPSA) is 101 Å². The van der Waals surface area contributed by atoms with Crippen molar-refractivity contribution >= 4 is 33.4 Å². The molecular formula is C12H12BrN3O4. The van der Waals surface area contributed by atoms with Crippen LogP contribution in [0, 0.1) is 15.5 Å². The van der Waals surface area contributed by atoms with Crippen LogP contribution in [0.4, 0.5) is 5.69 Å². The van der Waals surface area contributed by atoms with Gasteiger partial charge < -0.3 is 0 Å². The number of non-ortho nitro benzene ring substituents is 1. The third-order valence-electron chi connectivity index (χ3n) is 3.26. The molecule has 1 aliphatic carbocycles. The number of nitro groups is 1. The highest BCUT2D eigenvalue weighted by Crippen LogP contribution is 2.51. The second-order valence-electron chi connectivity index (χ2n) is 4.80. The van der Waals surface area contributed by atoms with Crippen molar-refractivity contribution in [2.45, 2.75) is 18.2 Å². The first kappa shape index (κ1) is 14.4. The van der Waals surface area contributed by atoms with Gasteiger partial charge in [0.15, 0.2) is 0 Å². The number of nitrogens with one attached hydrogen (secondary N) is 2. The lowest BCUT2D eigenvalue weighted by Gasteiger charge is -2.11. The summed E-state index contributed by atoms with van der Waals surface area (Å²) < 4.78 is 0. The molecule has 2 unspecified atom stereocenters. The molecule has 1 fully saturated rings. The molecule has 1 saturated carbocycles. The molecule has 1 aromatic carbocycles. The summed E-state index contributed by atoms with van der Waals surface area (Å²) in [6, 6.07) is 5.27. The number of alkyl halides is 1. The fraction of sp³-hybridized carbons (Fsp3) is 0.333. The summed E-state index contributed by atoms with van der Waals surface area (Å²) in [6.45, 7) is 1.78. The second-order valence-corrected chi connectivity index (χ2v) is 5.91. The molecular weight excluding hydrogens is 330 g/mol. The maximum Gasteiger partial charge on any atom is 0.270 e. The van der Waals surface area contributed by atoms with Crippen molar-refractivity contribution in [2.75, 3.05) is 0 Å². The van der Waals surface area contributed by atoms with Crippen LogP contribution in [0.15, 0.2) is 24.3 Å². The van der Waals surface area contributed by atoms with Gasteiger partial charge in [0.1, 0.15) is 0 Å². The lowest BCUT2D eigenvalue weighted by atomic mass is 10.1. The summed E-state index contributed by atoms with van der Waals surface area (Å²) in [5, 5.41) is 10.6. The zero-order chi connectivity index (χ0) is 14.9. The van der Waals surface area contributed by atoms with Gasteiger partial charge in [0, 0.05) is 22.5 Å². The maximum absolute atomic E-state index is 11.8. The molecule has 7 nitrogen and oxygen atoms in total. The Morgan fingerprint density at radius 2 is 2.10 bits per heavy atom. The first-order chi connectivity index (χ1) is 9.34. The zero-order valence-electron chi connectivity index (χ0n) is 10.6. The number of carbonyl (C=O) groups is 2. The van der Waals surface area contributed by atoms with Crippen LogP contribution in [0.3, 0.4) is 0 Å². The average Bonchev–Trinajstić information content (AvgIpc) is 3.04. The third-order valence-corrected chi connectivity index (χ3v) is 4.60. The smallest absolute Gasteiger partial charge is 0.270 e.